The molecule has 128 valence electrons. The van der Waals surface area contributed by atoms with Crippen LogP contribution in [0.2, 0.25) is 0 Å². The van der Waals surface area contributed by atoms with Gasteiger partial charge in [0.05, 0.1) is 18.4 Å². The maximum Gasteiger partial charge on any atom is 0.230 e. The lowest BCUT2D eigenvalue weighted by atomic mass is 10.1. The highest BCUT2D eigenvalue weighted by atomic mass is 32.2. The minimum absolute atomic E-state index is 0.122. The molecule has 0 spiro atoms. The molecular weight excluding hydrogens is 329 g/mol. The van der Waals surface area contributed by atoms with E-state index in [1.807, 2.05) is 30.3 Å². The molecule has 1 atom stereocenters. The molecule has 0 aromatic heterocycles. The molecule has 2 N–H and O–H groups in total. The van der Waals surface area contributed by atoms with Crippen LogP contribution in [0.4, 0.5) is 4.39 Å². The van der Waals surface area contributed by atoms with Crippen molar-refractivity contribution in [1.29, 1.82) is 0 Å². The molecule has 4 nitrogen and oxygen atoms in total. The lowest BCUT2D eigenvalue weighted by Gasteiger charge is -2.11. The smallest absolute Gasteiger partial charge is 0.230 e. The predicted molar refractivity (Wildman–Crippen MR) is 93.6 cm³/mol. The van der Waals surface area contributed by atoms with Crippen molar-refractivity contribution in [2.24, 2.45) is 0 Å². The second kappa shape index (κ2) is 9.95. The highest BCUT2D eigenvalue weighted by molar-refractivity contribution is 7.99. The van der Waals surface area contributed by atoms with Crippen molar-refractivity contribution in [3.63, 3.8) is 0 Å². The van der Waals surface area contributed by atoms with E-state index in [1.165, 1.54) is 23.9 Å². The molecule has 0 radical (unpaired) electrons. The average Bonchev–Trinajstić information content (AvgIpc) is 2.59. The van der Waals surface area contributed by atoms with Gasteiger partial charge in [0.25, 0.3) is 0 Å². The number of ether oxygens (including phenoxy) is 1. The Morgan fingerprint density at radius 3 is 2.75 bits per heavy atom. The number of nitrogens with one attached hydrogen (secondary N) is 1. The minimum atomic E-state index is -0.583. The van der Waals surface area contributed by atoms with Gasteiger partial charge in [-0.3, -0.25) is 4.79 Å². The second-order valence-electron chi connectivity index (χ2n) is 5.10. The Hall–Kier alpha value is -2.05. The second-order valence-corrected chi connectivity index (χ2v) is 6.13. The summed E-state index contributed by atoms with van der Waals surface area (Å²) in [5.41, 5.74) is 0.842. The summed E-state index contributed by atoms with van der Waals surface area (Å²) in [5, 5.41) is 12.7. The van der Waals surface area contributed by atoms with Crippen LogP contribution in [0.15, 0.2) is 54.6 Å². The topological polar surface area (TPSA) is 58.6 Å². The fourth-order valence-corrected chi connectivity index (χ4v) is 2.82. The minimum Gasteiger partial charge on any atom is -0.492 e. The maximum atomic E-state index is 13.0. The Morgan fingerprint density at radius 1 is 1.21 bits per heavy atom. The van der Waals surface area contributed by atoms with Gasteiger partial charge in [-0.15, -0.1) is 11.8 Å². The third kappa shape index (κ3) is 6.60. The predicted octanol–water partition coefficient (Wildman–Crippen LogP) is 2.79. The first-order chi connectivity index (χ1) is 11.6. The molecular formula is C18H20FNO3S. The number of aliphatic hydroxyl groups excluding tert-OH is 1. The lowest BCUT2D eigenvalue weighted by Crippen LogP contribution is -2.29. The summed E-state index contributed by atoms with van der Waals surface area (Å²) in [6.45, 7) is 0.615. The molecule has 1 amide bonds. The largest absolute Gasteiger partial charge is 0.492 e. The molecule has 0 saturated heterocycles. The van der Waals surface area contributed by atoms with Crippen molar-refractivity contribution in [2.45, 2.75) is 6.10 Å². The van der Waals surface area contributed by atoms with E-state index in [9.17, 15) is 14.3 Å². The van der Waals surface area contributed by atoms with Crippen LogP contribution in [0.25, 0.3) is 0 Å². The van der Waals surface area contributed by atoms with Crippen molar-refractivity contribution in [1.82, 2.24) is 5.32 Å². The number of amides is 1. The van der Waals surface area contributed by atoms with Crippen molar-refractivity contribution in [3.05, 3.63) is 66.0 Å². The number of hydrogen-bond acceptors (Lipinski definition) is 4. The van der Waals surface area contributed by atoms with Crippen molar-refractivity contribution in [3.8, 4) is 5.75 Å². The lowest BCUT2D eigenvalue weighted by molar-refractivity contribution is -0.118. The van der Waals surface area contributed by atoms with Crippen LogP contribution in [0.3, 0.4) is 0 Å². The normalized spacial score (nSPS) is 11.8. The fourth-order valence-electron chi connectivity index (χ4n) is 2.00. The Kier molecular flexibility index (Phi) is 7.58. The van der Waals surface area contributed by atoms with E-state index in [4.69, 9.17) is 4.74 Å². The van der Waals surface area contributed by atoms with Crippen LogP contribution in [-0.4, -0.2) is 35.7 Å². The zero-order valence-corrected chi connectivity index (χ0v) is 14.0. The van der Waals surface area contributed by atoms with Crippen LogP contribution < -0.4 is 10.1 Å². The van der Waals surface area contributed by atoms with Gasteiger partial charge in [0.2, 0.25) is 5.91 Å². The SMILES string of the molecule is O=C(CSCC(O)c1ccccc1)NCCOc1cccc(F)c1. The number of rotatable bonds is 9. The van der Waals surface area contributed by atoms with Crippen molar-refractivity contribution in [2.75, 3.05) is 24.7 Å². The number of hydrogen-bond donors (Lipinski definition) is 2. The van der Waals surface area contributed by atoms with Crippen LogP contribution in [0.5, 0.6) is 5.75 Å². The third-order valence-corrected chi connectivity index (χ3v) is 4.20. The molecule has 1 unspecified atom stereocenters. The first-order valence-electron chi connectivity index (χ1n) is 7.61. The molecule has 2 aromatic carbocycles. The number of benzene rings is 2. The highest BCUT2D eigenvalue weighted by Gasteiger charge is 2.08. The van der Waals surface area contributed by atoms with E-state index in [0.29, 0.717) is 18.0 Å². The van der Waals surface area contributed by atoms with Gasteiger partial charge in [-0.1, -0.05) is 36.4 Å². The van der Waals surface area contributed by atoms with Crippen LogP contribution >= 0.6 is 11.8 Å². The quantitative estimate of drug-likeness (QED) is 0.684. The van der Waals surface area contributed by atoms with Crippen LogP contribution in [0, 0.1) is 5.82 Å². The van der Waals surface area contributed by atoms with Gasteiger partial charge in [-0.05, 0) is 17.7 Å². The number of aliphatic hydroxyl groups is 1. The molecule has 0 saturated carbocycles. The van der Waals surface area contributed by atoms with Gasteiger partial charge in [0.15, 0.2) is 0 Å². The van der Waals surface area contributed by atoms with Gasteiger partial charge in [0.1, 0.15) is 18.2 Å². The van der Waals surface area contributed by atoms with Crippen LogP contribution in [0.1, 0.15) is 11.7 Å². The zero-order valence-electron chi connectivity index (χ0n) is 13.2. The average molecular weight is 349 g/mol. The summed E-state index contributed by atoms with van der Waals surface area (Å²) in [4.78, 5) is 11.7. The summed E-state index contributed by atoms with van der Waals surface area (Å²) in [6, 6.07) is 15.2. The monoisotopic (exact) mass is 349 g/mol. The van der Waals surface area contributed by atoms with Crippen molar-refractivity contribution >= 4 is 17.7 Å². The Balaban J connectivity index is 1.57. The Bertz CT molecular complexity index is 639. The Morgan fingerprint density at radius 2 is 2.00 bits per heavy atom. The van der Waals surface area contributed by atoms with E-state index in [2.05, 4.69) is 5.32 Å². The summed E-state index contributed by atoms with van der Waals surface area (Å²) >= 11 is 1.37. The molecule has 0 aliphatic carbocycles. The molecule has 0 bridgehead atoms. The number of thioether (sulfide) groups is 1. The van der Waals surface area contributed by atoms with Crippen molar-refractivity contribution < 1.29 is 19.0 Å². The maximum absolute atomic E-state index is 13.0. The van der Waals surface area contributed by atoms with Gasteiger partial charge < -0.3 is 15.2 Å². The molecule has 24 heavy (non-hydrogen) atoms. The molecule has 2 rings (SSSR count). The number of carbonyl (C=O) groups excluding carboxylic acids is 1. The molecule has 2 aromatic rings. The van der Waals surface area contributed by atoms with E-state index in [-0.39, 0.29) is 24.1 Å². The molecule has 0 heterocycles. The number of carbonyl (C=O) groups is 1. The van der Waals surface area contributed by atoms with Gasteiger partial charge >= 0.3 is 0 Å². The molecule has 6 heteroatoms. The Labute approximate surface area is 145 Å². The summed E-state index contributed by atoms with van der Waals surface area (Å²) in [7, 11) is 0. The first kappa shape index (κ1) is 18.3. The zero-order chi connectivity index (χ0) is 17.2. The van der Waals surface area contributed by atoms with Gasteiger partial charge in [-0.25, -0.2) is 4.39 Å². The van der Waals surface area contributed by atoms with E-state index in [0.717, 1.165) is 5.56 Å². The summed E-state index contributed by atoms with van der Waals surface area (Å²) in [5.74, 6) is 0.679. The van der Waals surface area contributed by atoms with Gasteiger partial charge in [-0.2, -0.15) is 0 Å². The molecule has 0 aliphatic rings. The summed E-state index contributed by atoms with van der Waals surface area (Å²) in [6.07, 6.45) is -0.583. The highest BCUT2D eigenvalue weighted by Crippen LogP contribution is 2.17. The van der Waals surface area contributed by atoms with Gasteiger partial charge in [0, 0.05) is 11.8 Å². The van der Waals surface area contributed by atoms with E-state index in [1.54, 1.807) is 12.1 Å². The van der Waals surface area contributed by atoms with Crippen LogP contribution in [-0.2, 0) is 4.79 Å². The molecule has 0 fully saturated rings. The summed E-state index contributed by atoms with van der Waals surface area (Å²) < 4.78 is 18.3. The fraction of sp³-hybridized carbons (Fsp3) is 0.278. The van der Waals surface area contributed by atoms with E-state index < -0.39 is 6.10 Å². The molecule has 0 aliphatic heterocycles. The number of halogens is 1. The van der Waals surface area contributed by atoms with E-state index >= 15 is 0 Å². The first-order valence-corrected chi connectivity index (χ1v) is 8.76. The standard InChI is InChI=1S/C18H20FNO3S/c19-15-7-4-8-16(11-15)23-10-9-20-18(22)13-24-12-17(21)14-5-2-1-3-6-14/h1-8,11,17,21H,9-10,12-13H2,(H,20,22). The third-order valence-electron chi connectivity index (χ3n) is 3.18.